The van der Waals surface area contributed by atoms with E-state index in [9.17, 15) is 5.21 Å². The lowest BCUT2D eigenvalue weighted by atomic mass is 10.0. The normalized spacial score (nSPS) is 27.7. The first kappa shape index (κ1) is 8.93. The fourth-order valence-electron chi connectivity index (χ4n) is 1.57. The Hall–Kier alpha value is -1.65. The number of rotatable bonds is 0. The van der Waals surface area contributed by atoms with Crippen LogP contribution in [0.3, 0.4) is 0 Å². The second-order valence-corrected chi connectivity index (χ2v) is 3.34. The highest BCUT2D eigenvalue weighted by Gasteiger charge is 2.23. The van der Waals surface area contributed by atoms with Crippen molar-refractivity contribution in [2.45, 2.75) is 0 Å². The molecule has 0 saturated carbocycles. The van der Waals surface area contributed by atoms with Crippen molar-refractivity contribution in [2.75, 3.05) is 7.05 Å². The highest BCUT2D eigenvalue weighted by molar-refractivity contribution is 6.13. The number of benzene rings is 1. The van der Waals surface area contributed by atoms with Crippen molar-refractivity contribution in [3.05, 3.63) is 47.3 Å². The molecule has 14 heavy (non-hydrogen) atoms. The van der Waals surface area contributed by atoms with E-state index in [0.717, 1.165) is 5.56 Å². The van der Waals surface area contributed by atoms with E-state index in [1.54, 1.807) is 19.2 Å². The molecule has 4 heteroatoms. The Morgan fingerprint density at radius 2 is 2.07 bits per heavy atom. The second-order valence-electron chi connectivity index (χ2n) is 3.34. The van der Waals surface area contributed by atoms with Gasteiger partial charge in [0.2, 0.25) is 0 Å². The number of allylic oxidation sites excluding steroid dienone is 1. The topological polar surface area (TPSA) is 61.4 Å². The predicted molar refractivity (Wildman–Crippen MR) is 57.4 cm³/mol. The molecule has 0 aromatic heterocycles. The summed E-state index contributed by atoms with van der Waals surface area (Å²) in [5.41, 5.74) is 2.11. The van der Waals surface area contributed by atoms with Crippen LogP contribution in [0.2, 0.25) is 0 Å². The molecule has 0 fully saturated rings. The number of hydrogen-bond acceptors (Lipinski definition) is 3. The fraction of sp³-hybridized carbons (Fsp3) is 0.100. The first-order valence-corrected chi connectivity index (χ1v) is 4.29. The third-order valence-corrected chi connectivity index (χ3v) is 2.31. The third-order valence-electron chi connectivity index (χ3n) is 2.31. The minimum Gasteiger partial charge on any atom is -0.622 e. The summed E-state index contributed by atoms with van der Waals surface area (Å²) in [7, 11) is 1.57. The Morgan fingerprint density at radius 1 is 1.36 bits per heavy atom. The summed E-state index contributed by atoms with van der Waals surface area (Å²) >= 11 is 0. The SMILES string of the molecule is C[N+]1([O-])C=CC(=NN)c2ccccc21. The number of hydroxylamine groups is 2. The van der Waals surface area contributed by atoms with Gasteiger partial charge in [-0.15, -0.1) is 0 Å². The molecular formula is C10H11N3O. The van der Waals surface area contributed by atoms with Crippen molar-refractivity contribution in [3.8, 4) is 0 Å². The molecule has 0 bridgehead atoms. The van der Waals surface area contributed by atoms with Crippen molar-refractivity contribution < 1.29 is 0 Å². The molecule has 1 aliphatic heterocycles. The van der Waals surface area contributed by atoms with Crippen LogP contribution in [0, 0.1) is 5.21 Å². The van der Waals surface area contributed by atoms with Crippen molar-refractivity contribution in [1.29, 1.82) is 0 Å². The molecule has 0 spiro atoms. The van der Waals surface area contributed by atoms with Crippen molar-refractivity contribution in [3.63, 3.8) is 0 Å². The van der Waals surface area contributed by atoms with Gasteiger partial charge in [-0.3, -0.25) is 0 Å². The first-order valence-electron chi connectivity index (χ1n) is 4.29. The molecule has 0 aliphatic carbocycles. The fourth-order valence-corrected chi connectivity index (χ4v) is 1.57. The summed E-state index contributed by atoms with van der Waals surface area (Å²) in [5, 5.41) is 15.6. The quantitative estimate of drug-likeness (QED) is 0.289. The van der Waals surface area contributed by atoms with Crippen LogP contribution in [0.1, 0.15) is 5.56 Å². The minimum absolute atomic E-state index is 0.519. The van der Waals surface area contributed by atoms with Crippen LogP contribution in [-0.4, -0.2) is 12.8 Å². The van der Waals surface area contributed by atoms with E-state index >= 15 is 0 Å². The second kappa shape index (κ2) is 2.94. The van der Waals surface area contributed by atoms with E-state index in [1.165, 1.54) is 6.20 Å². The monoisotopic (exact) mass is 189 g/mol. The molecule has 2 rings (SSSR count). The van der Waals surface area contributed by atoms with E-state index in [2.05, 4.69) is 5.10 Å². The number of hydrogen-bond donors (Lipinski definition) is 1. The lowest BCUT2D eigenvalue weighted by molar-refractivity contribution is 0.596. The number of hydrazone groups is 1. The van der Waals surface area contributed by atoms with Gasteiger partial charge in [-0.1, -0.05) is 12.1 Å². The Morgan fingerprint density at radius 3 is 2.79 bits per heavy atom. The number of quaternary nitrogens is 1. The molecule has 1 atom stereocenters. The number of fused-ring (bicyclic) bond motifs is 1. The zero-order valence-corrected chi connectivity index (χ0v) is 7.84. The average Bonchev–Trinajstić information content (AvgIpc) is 2.18. The van der Waals surface area contributed by atoms with Crippen LogP contribution in [-0.2, 0) is 0 Å². The van der Waals surface area contributed by atoms with Gasteiger partial charge in [0.1, 0.15) is 17.6 Å². The van der Waals surface area contributed by atoms with Crippen LogP contribution in [0.4, 0.5) is 5.69 Å². The summed E-state index contributed by atoms with van der Waals surface area (Å²) < 4.78 is -0.519. The van der Waals surface area contributed by atoms with Gasteiger partial charge >= 0.3 is 0 Å². The zero-order chi connectivity index (χ0) is 10.2. The maximum absolute atomic E-state index is 12.0. The molecule has 1 heterocycles. The molecule has 72 valence electrons. The molecule has 1 aromatic carbocycles. The highest BCUT2D eigenvalue weighted by atomic mass is 16.5. The van der Waals surface area contributed by atoms with E-state index in [4.69, 9.17) is 5.84 Å². The molecule has 0 saturated heterocycles. The number of nitrogens with zero attached hydrogens (tertiary/aromatic N) is 2. The molecule has 1 unspecified atom stereocenters. The van der Waals surface area contributed by atoms with Crippen LogP contribution >= 0.6 is 0 Å². The molecule has 2 N–H and O–H groups in total. The van der Waals surface area contributed by atoms with Crippen LogP contribution < -0.4 is 10.5 Å². The summed E-state index contributed by atoms with van der Waals surface area (Å²) in [6.45, 7) is 0. The van der Waals surface area contributed by atoms with Gasteiger partial charge in [0.15, 0.2) is 0 Å². The predicted octanol–water partition coefficient (Wildman–Crippen LogP) is 1.31. The maximum Gasteiger partial charge on any atom is 0.146 e. The Kier molecular flexibility index (Phi) is 1.87. The van der Waals surface area contributed by atoms with Crippen LogP contribution in [0.5, 0.6) is 0 Å². The molecular weight excluding hydrogens is 178 g/mol. The van der Waals surface area contributed by atoms with E-state index in [0.29, 0.717) is 11.4 Å². The van der Waals surface area contributed by atoms with Crippen molar-refractivity contribution >= 4 is 11.4 Å². The highest BCUT2D eigenvalue weighted by Crippen LogP contribution is 2.29. The van der Waals surface area contributed by atoms with Gasteiger partial charge in [-0.05, 0) is 6.07 Å². The summed E-state index contributed by atoms with van der Waals surface area (Å²) in [6, 6.07) is 7.33. The van der Waals surface area contributed by atoms with Gasteiger partial charge in [0, 0.05) is 12.1 Å². The number of nitrogens with two attached hydrogens (primary N) is 1. The average molecular weight is 189 g/mol. The number of para-hydroxylation sites is 1. The molecule has 1 aromatic rings. The Bertz CT molecular complexity index is 421. The molecule has 0 radical (unpaired) electrons. The summed E-state index contributed by atoms with van der Waals surface area (Å²) in [4.78, 5) is 0. The van der Waals surface area contributed by atoms with Crippen LogP contribution in [0.25, 0.3) is 0 Å². The zero-order valence-electron chi connectivity index (χ0n) is 7.84. The smallest absolute Gasteiger partial charge is 0.146 e. The van der Waals surface area contributed by atoms with Gasteiger partial charge < -0.3 is 15.7 Å². The maximum atomic E-state index is 12.0. The lowest BCUT2D eigenvalue weighted by Gasteiger charge is -2.37. The van der Waals surface area contributed by atoms with Crippen molar-refractivity contribution in [2.24, 2.45) is 10.9 Å². The molecule has 0 amide bonds. The van der Waals surface area contributed by atoms with Gasteiger partial charge in [-0.2, -0.15) is 5.10 Å². The van der Waals surface area contributed by atoms with E-state index in [1.807, 2.05) is 18.2 Å². The van der Waals surface area contributed by atoms with Gasteiger partial charge in [0.25, 0.3) is 0 Å². The minimum atomic E-state index is -0.519. The standard InChI is InChI=1S/C10H11N3O/c1-13(14)7-6-9(12-11)8-4-2-3-5-10(8)13/h2-7H,11H2,1H3. The molecule has 4 nitrogen and oxygen atoms in total. The molecule has 1 aliphatic rings. The first-order chi connectivity index (χ1) is 6.65. The Balaban J connectivity index is 2.68. The van der Waals surface area contributed by atoms with E-state index in [-0.39, 0.29) is 0 Å². The van der Waals surface area contributed by atoms with E-state index < -0.39 is 4.65 Å². The van der Waals surface area contributed by atoms with Crippen LogP contribution in [0.15, 0.2) is 41.6 Å². The van der Waals surface area contributed by atoms with Crippen molar-refractivity contribution in [1.82, 2.24) is 4.65 Å². The lowest BCUT2D eigenvalue weighted by Crippen LogP contribution is -2.35. The third kappa shape index (κ3) is 1.21. The summed E-state index contributed by atoms with van der Waals surface area (Å²) in [5.74, 6) is 5.23. The van der Waals surface area contributed by atoms with Gasteiger partial charge in [0.05, 0.1) is 12.6 Å². The largest absolute Gasteiger partial charge is 0.622 e. The van der Waals surface area contributed by atoms with Gasteiger partial charge in [-0.25, -0.2) is 0 Å². The summed E-state index contributed by atoms with van der Waals surface area (Å²) in [6.07, 6.45) is 3.17. The Labute approximate surface area is 82.1 Å².